The van der Waals surface area contributed by atoms with Crippen molar-refractivity contribution in [2.75, 3.05) is 18.1 Å². The summed E-state index contributed by atoms with van der Waals surface area (Å²) in [6.45, 7) is 6.30. The maximum absolute atomic E-state index is 11.1. The van der Waals surface area contributed by atoms with Crippen LogP contribution in [0.15, 0.2) is 5.38 Å². The molecule has 0 saturated carbocycles. The molecule has 0 aromatic carbocycles. The number of thiazole rings is 1. The second-order valence-electron chi connectivity index (χ2n) is 4.40. The number of carboxylic acid groups (broad SMARTS) is 1. The van der Waals surface area contributed by atoms with Crippen molar-refractivity contribution < 1.29 is 9.90 Å². The SMILES string of the molecule is CSC(C)CNc1nc(C(C)(C)C(=O)O)cs1. The minimum absolute atomic E-state index is 0.509. The predicted molar refractivity (Wildman–Crippen MR) is 74.2 cm³/mol. The number of carbonyl (C=O) groups is 1. The van der Waals surface area contributed by atoms with Gasteiger partial charge in [-0.15, -0.1) is 11.3 Å². The molecule has 6 heteroatoms. The van der Waals surface area contributed by atoms with Gasteiger partial charge in [0.05, 0.1) is 5.69 Å². The number of aliphatic carboxylic acids is 1. The number of thioether (sulfide) groups is 1. The lowest BCUT2D eigenvalue weighted by atomic mass is 9.90. The van der Waals surface area contributed by atoms with E-state index in [1.54, 1.807) is 31.0 Å². The molecule has 1 aromatic rings. The van der Waals surface area contributed by atoms with E-state index >= 15 is 0 Å². The highest BCUT2D eigenvalue weighted by Gasteiger charge is 2.32. The molecule has 4 nitrogen and oxygen atoms in total. The lowest BCUT2D eigenvalue weighted by Crippen LogP contribution is -2.28. The molecule has 0 fully saturated rings. The minimum Gasteiger partial charge on any atom is -0.481 e. The van der Waals surface area contributed by atoms with Gasteiger partial charge in [-0.2, -0.15) is 11.8 Å². The van der Waals surface area contributed by atoms with Crippen LogP contribution in [0.5, 0.6) is 0 Å². The van der Waals surface area contributed by atoms with E-state index in [0.717, 1.165) is 11.7 Å². The zero-order chi connectivity index (χ0) is 13.1. The standard InChI is InChI=1S/C11H18N2O2S2/c1-7(16-4)5-12-10-13-8(6-17-10)11(2,3)9(14)15/h6-7H,5H2,1-4H3,(H,12,13)(H,14,15). The molecular weight excluding hydrogens is 256 g/mol. The van der Waals surface area contributed by atoms with Crippen molar-refractivity contribution in [2.45, 2.75) is 31.4 Å². The minimum atomic E-state index is -0.929. The third kappa shape index (κ3) is 3.61. The molecule has 2 N–H and O–H groups in total. The predicted octanol–water partition coefficient (Wildman–Crippen LogP) is 2.67. The van der Waals surface area contributed by atoms with Crippen LogP contribution < -0.4 is 5.32 Å². The lowest BCUT2D eigenvalue weighted by Gasteiger charge is -2.15. The van der Waals surface area contributed by atoms with Crippen LogP contribution in [0, 0.1) is 0 Å². The summed E-state index contributed by atoms with van der Waals surface area (Å²) in [7, 11) is 0. The van der Waals surface area contributed by atoms with Gasteiger partial charge in [0, 0.05) is 17.2 Å². The van der Waals surface area contributed by atoms with Gasteiger partial charge in [-0.3, -0.25) is 4.79 Å². The quantitative estimate of drug-likeness (QED) is 0.835. The van der Waals surface area contributed by atoms with Crippen LogP contribution in [0.1, 0.15) is 26.5 Å². The molecule has 0 bridgehead atoms. The first-order valence-corrected chi connectivity index (χ1v) is 7.50. The van der Waals surface area contributed by atoms with Crippen molar-refractivity contribution in [3.05, 3.63) is 11.1 Å². The van der Waals surface area contributed by atoms with Crippen molar-refractivity contribution in [1.82, 2.24) is 4.98 Å². The van der Waals surface area contributed by atoms with Crippen molar-refractivity contribution >= 4 is 34.2 Å². The van der Waals surface area contributed by atoms with Crippen LogP contribution in [0.4, 0.5) is 5.13 Å². The van der Waals surface area contributed by atoms with Gasteiger partial charge in [-0.05, 0) is 20.1 Å². The Kier molecular flexibility index (Phi) is 4.82. The smallest absolute Gasteiger partial charge is 0.315 e. The summed E-state index contributed by atoms with van der Waals surface area (Å²) in [5.41, 5.74) is -0.323. The van der Waals surface area contributed by atoms with Crippen molar-refractivity contribution in [1.29, 1.82) is 0 Å². The van der Waals surface area contributed by atoms with Gasteiger partial charge in [0.1, 0.15) is 5.41 Å². The number of rotatable bonds is 6. The number of aromatic nitrogens is 1. The number of nitrogens with one attached hydrogen (secondary N) is 1. The van der Waals surface area contributed by atoms with Crippen molar-refractivity contribution in [3.8, 4) is 0 Å². The molecule has 1 atom stereocenters. The lowest BCUT2D eigenvalue weighted by molar-refractivity contribution is -0.142. The molecule has 1 heterocycles. The third-order valence-electron chi connectivity index (χ3n) is 2.62. The molecule has 17 heavy (non-hydrogen) atoms. The molecule has 0 radical (unpaired) electrons. The van der Waals surface area contributed by atoms with Crippen molar-refractivity contribution in [3.63, 3.8) is 0 Å². The highest BCUT2D eigenvalue weighted by Crippen LogP contribution is 2.27. The summed E-state index contributed by atoms with van der Waals surface area (Å²) < 4.78 is 0. The summed E-state index contributed by atoms with van der Waals surface area (Å²) in [5.74, 6) is -0.855. The number of carboxylic acids is 1. The number of anilines is 1. The monoisotopic (exact) mass is 274 g/mol. The Bertz CT molecular complexity index is 391. The van der Waals surface area contributed by atoms with Gasteiger partial charge in [0.25, 0.3) is 0 Å². The van der Waals surface area contributed by atoms with Gasteiger partial charge in [-0.25, -0.2) is 4.98 Å². The van der Waals surface area contributed by atoms with Crippen LogP contribution in [-0.2, 0) is 10.2 Å². The fourth-order valence-corrected chi connectivity index (χ4v) is 2.20. The zero-order valence-corrected chi connectivity index (χ0v) is 12.1. The molecule has 0 aliphatic heterocycles. The van der Waals surface area contributed by atoms with Gasteiger partial charge in [0.2, 0.25) is 0 Å². The second-order valence-corrected chi connectivity index (χ2v) is 6.53. The van der Waals surface area contributed by atoms with E-state index < -0.39 is 11.4 Å². The molecule has 96 valence electrons. The van der Waals surface area contributed by atoms with Crippen LogP contribution >= 0.6 is 23.1 Å². The van der Waals surface area contributed by atoms with E-state index in [1.807, 2.05) is 0 Å². The highest BCUT2D eigenvalue weighted by molar-refractivity contribution is 7.99. The van der Waals surface area contributed by atoms with E-state index in [-0.39, 0.29) is 0 Å². The molecule has 1 rings (SSSR count). The molecule has 1 unspecified atom stereocenters. The highest BCUT2D eigenvalue weighted by atomic mass is 32.2. The second kappa shape index (κ2) is 5.73. The molecule has 0 aliphatic rings. The number of nitrogens with zero attached hydrogens (tertiary/aromatic N) is 1. The topological polar surface area (TPSA) is 62.2 Å². The third-order valence-corrected chi connectivity index (χ3v) is 4.39. The van der Waals surface area contributed by atoms with E-state index in [9.17, 15) is 4.79 Å². The average molecular weight is 274 g/mol. The Labute approximate surface area is 110 Å². The molecule has 0 amide bonds. The van der Waals surface area contributed by atoms with E-state index in [1.165, 1.54) is 11.3 Å². The maximum atomic E-state index is 11.1. The molecule has 0 aliphatic carbocycles. The van der Waals surface area contributed by atoms with Gasteiger partial charge >= 0.3 is 5.97 Å². The van der Waals surface area contributed by atoms with Crippen LogP contribution in [-0.4, -0.2) is 34.1 Å². The first kappa shape index (κ1) is 14.3. The van der Waals surface area contributed by atoms with Gasteiger partial charge in [-0.1, -0.05) is 6.92 Å². The number of hydrogen-bond donors (Lipinski definition) is 2. The van der Waals surface area contributed by atoms with Gasteiger partial charge < -0.3 is 10.4 Å². The molecule has 1 aromatic heterocycles. The first-order chi connectivity index (χ1) is 7.87. The summed E-state index contributed by atoms with van der Waals surface area (Å²) >= 11 is 3.23. The summed E-state index contributed by atoms with van der Waals surface area (Å²) in [5, 5.41) is 15.4. The van der Waals surface area contributed by atoms with E-state index in [0.29, 0.717) is 10.9 Å². The summed E-state index contributed by atoms with van der Waals surface area (Å²) in [4.78, 5) is 15.4. The normalized spacial score (nSPS) is 13.4. The van der Waals surface area contributed by atoms with E-state index in [4.69, 9.17) is 5.11 Å². The maximum Gasteiger partial charge on any atom is 0.315 e. The molecule has 0 spiro atoms. The van der Waals surface area contributed by atoms with Crippen LogP contribution in [0.2, 0.25) is 0 Å². The first-order valence-electron chi connectivity index (χ1n) is 5.34. The van der Waals surface area contributed by atoms with Crippen LogP contribution in [0.3, 0.4) is 0 Å². The Morgan fingerprint density at radius 2 is 2.35 bits per heavy atom. The van der Waals surface area contributed by atoms with Crippen LogP contribution in [0.25, 0.3) is 0 Å². The number of hydrogen-bond acceptors (Lipinski definition) is 5. The van der Waals surface area contributed by atoms with Gasteiger partial charge in [0.15, 0.2) is 5.13 Å². The summed E-state index contributed by atoms with van der Waals surface area (Å²) in [6.07, 6.45) is 2.06. The van der Waals surface area contributed by atoms with Crippen molar-refractivity contribution in [2.24, 2.45) is 0 Å². The molecule has 0 saturated heterocycles. The van der Waals surface area contributed by atoms with E-state index in [2.05, 4.69) is 23.5 Å². The fraction of sp³-hybridized carbons (Fsp3) is 0.636. The largest absolute Gasteiger partial charge is 0.481 e. The fourth-order valence-electron chi connectivity index (χ4n) is 1.07. The zero-order valence-electron chi connectivity index (χ0n) is 10.5. The average Bonchev–Trinajstić information content (AvgIpc) is 2.74. The molecular formula is C11H18N2O2S2. The summed E-state index contributed by atoms with van der Waals surface area (Å²) in [6, 6.07) is 0. The Hall–Kier alpha value is -0.750. The Balaban J connectivity index is 2.69. The Morgan fingerprint density at radius 3 is 2.88 bits per heavy atom. The Morgan fingerprint density at radius 1 is 1.71 bits per heavy atom.